The minimum Gasteiger partial charge on any atom is -0.465 e. The molecule has 0 fully saturated rings. The van der Waals surface area contributed by atoms with Crippen LogP contribution in [0.3, 0.4) is 0 Å². The zero-order valence-corrected chi connectivity index (χ0v) is 8.43. The highest BCUT2D eigenvalue weighted by molar-refractivity contribution is 7.91. The van der Waals surface area contributed by atoms with Crippen molar-refractivity contribution in [1.29, 1.82) is 0 Å². The number of nitrogens with one attached hydrogen (secondary N) is 1. The first-order chi connectivity index (χ1) is 5.98. The lowest BCUT2D eigenvalue weighted by Crippen LogP contribution is -2.24. The second kappa shape index (κ2) is 5.80. The molecule has 0 aliphatic heterocycles. The first-order valence-electron chi connectivity index (χ1n) is 4.15. The Balaban J connectivity index is 3.58. The van der Waals surface area contributed by atoms with Crippen molar-refractivity contribution in [2.45, 2.75) is 19.8 Å². The number of amides is 1. The van der Waals surface area contributed by atoms with E-state index in [2.05, 4.69) is 5.32 Å². The summed E-state index contributed by atoms with van der Waals surface area (Å²) >= 11 is 0. The number of hydrogen-bond donors (Lipinski definition) is 2. The summed E-state index contributed by atoms with van der Waals surface area (Å²) in [6.07, 6.45) is -0.170. The molecule has 0 radical (unpaired) electrons. The molecule has 1 amide bonds. The third kappa shape index (κ3) is 7.58. The standard InChI is InChI=1S/C7H15NO4S/c1-2-5-13(11,12)6-3-4-8-7(9)10/h8H,2-6H2,1H3,(H,9,10). The van der Waals surface area contributed by atoms with Gasteiger partial charge in [0.05, 0.1) is 5.75 Å². The molecule has 0 atom stereocenters. The lowest BCUT2D eigenvalue weighted by molar-refractivity contribution is 0.194. The molecule has 0 aromatic rings. The van der Waals surface area contributed by atoms with E-state index in [1.54, 1.807) is 6.92 Å². The highest BCUT2D eigenvalue weighted by Crippen LogP contribution is 1.95. The van der Waals surface area contributed by atoms with Crippen LogP contribution in [0.25, 0.3) is 0 Å². The van der Waals surface area contributed by atoms with E-state index in [-0.39, 0.29) is 18.1 Å². The predicted octanol–water partition coefficient (Wildman–Crippen LogP) is 0.469. The molecule has 0 bridgehead atoms. The van der Waals surface area contributed by atoms with E-state index in [4.69, 9.17) is 5.11 Å². The van der Waals surface area contributed by atoms with Crippen molar-refractivity contribution >= 4 is 15.9 Å². The van der Waals surface area contributed by atoms with E-state index in [0.717, 1.165) is 0 Å². The van der Waals surface area contributed by atoms with Gasteiger partial charge in [-0.15, -0.1) is 0 Å². The van der Waals surface area contributed by atoms with Crippen LogP contribution in [0.15, 0.2) is 0 Å². The van der Waals surface area contributed by atoms with Crippen molar-refractivity contribution in [2.24, 2.45) is 0 Å². The molecular formula is C7H15NO4S. The molecule has 0 saturated carbocycles. The summed E-state index contributed by atoms with van der Waals surface area (Å²) in [4.78, 5) is 9.99. The molecule has 0 saturated heterocycles. The van der Waals surface area contributed by atoms with Gasteiger partial charge in [0.25, 0.3) is 0 Å². The van der Waals surface area contributed by atoms with Crippen LogP contribution in [0.5, 0.6) is 0 Å². The second-order valence-corrected chi connectivity index (χ2v) is 5.04. The first-order valence-corrected chi connectivity index (χ1v) is 5.97. The Morgan fingerprint density at radius 2 is 2.00 bits per heavy atom. The summed E-state index contributed by atoms with van der Waals surface area (Å²) in [5.74, 6) is 0.237. The molecule has 0 rings (SSSR count). The summed E-state index contributed by atoms with van der Waals surface area (Å²) < 4.78 is 22.2. The molecule has 0 spiro atoms. The Hall–Kier alpha value is -0.780. The van der Waals surface area contributed by atoms with Gasteiger partial charge in [-0.3, -0.25) is 0 Å². The minimum atomic E-state index is -2.96. The van der Waals surface area contributed by atoms with Crippen molar-refractivity contribution in [2.75, 3.05) is 18.1 Å². The number of rotatable bonds is 6. The molecule has 0 aliphatic rings. The molecule has 0 heterocycles. The lowest BCUT2D eigenvalue weighted by atomic mass is 10.5. The maximum absolute atomic E-state index is 11.1. The molecule has 6 heteroatoms. The van der Waals surface area contributed by atoms with Crippen LogP contribution in [0.1, 0.15) is 19.8 Å². The van der Waals surface area contributed by atoms with Gasteiger partial charge in [0.15, 0.2) is 0 Å². The zero-order chi connectivity index (χ0) is 10.3. The average molecular weight is 209 g/mol. The van der Waals surface area contributed by atoms with E-state index in [0.29, 0.717) is 12.8 Å². The number of carbonyl (C=O) groups is 1. The third-order valence-electron chi connectivity index (χ3n) is 1.42. The zero-order valence-electron chi connectivity index (χ0n) is 7.62. The summed E-state index contributed by atoms with van der Waals surface area (Å²) in [5.41, 5.74) is 0. The summed E-state index contributed by atoms with van der Waals surface area (Å²) in [7, 11) is -2.96. The van der Waals surface area contributed by atoms with Crippen LogP contribution in [0, 0.1) is 0 Å². The van der Waals surface area contributed by atoms with Crippen molar-refractivity contribution in [3.63, 3.8) is 0 Å². The monoisotopic (exact) mass is 209 g/mol. The van der Waals surface area contributed by atoms with Crippen LogP contribution in [-0.2, 0) is 9.84 Å². The normalized spacial score (nSPS) is 11.2. The first kappa shape index (κ1) is 12.2. The third-order valence-corrected chi connectivity index (χ3v) is 3.36. The van der Waals surface area contributed by atoms with Gasteiger partial charge in [-0.25, -0.2) is 13.2 Å². The van der Waals surface area contributed by atoms with Crippen LogP contribution in [0.4, 0.5) is 4.79 Å². The fourth-order valence-corrected chi connectivity index (χ4v) is 2.31. The maximum atomic E-state index is 11.1. The highest BCUT2D eigenvalue weighted by Gasteiger charge is 2.08. The molecular weight excluding hydrogens is 194 g/mol. The molecule has 2 N–H and O–H groups in total. The molecule has 0 aliphatic carbocycles. The lowest BCUT2D eigenvalue weighted by Gasteiger charge is -2.02. The Morgan fingerprint density at radius 1 is 1.38 bits per heavy atom. The van der Waals surface area contributed by atoms with Crippen molar-refractivity contribution in [1.82, 2.24) is 5.32 Å². The van der Waals surface area contributed by atoms with Crippen molar-refractivity contribution in [3.8, 4) is 0 Å². The van der Waals surface area contributed by atoms with E-state index in [1.165, 1.54) is 0 Å². The van der Waals surface area contributed by atoms with E-state index >= 15 is 0 Å². The molecule has 5 nitrogen and oxygen atoms in total. The summed E-state index contributed by atoms with van der Waals surface area (Å²) in [5, 5.41) is 10.3. The van der Waals surface area contributed by atoms with E-state index < -0.39 is 15.9 Å². The fourth-order valence-electron chi connectivity index (χ4n) is 0.900. The van der Waals surface area contributed by atoms with Crippen LogP contribution < -0.4 is 5.32 Å². The molecule has 13 heavy (non-hydrogen) atoms. The Labute approximate surface area is 78.1 Å². The summed E-state index contributed by atoms with van der Waals surface area (Å²) in [6, 6.07) is 0. The SMILES string of the molecule is CCCS(=O)(=O)CCCNC(=O)O. The van der Waals surface area contributed by atoms with E-state index in [9.17, 15) is 13.2 Å². The van der Waals surface area contributed by atoms with Gasteiger partial charge in [0, 0.05) is 12.3 Å². The fraction of sp³-hybridized carbons (Fsp3) is 0.857. The number of sulfone groups is 1. The molecule has 0 unspecified atom stereocenters. The van der Waals surface area contributed by atoms with Gasteiger partial charge in [0.2, 0.25) is 0 Å². The highest BCUT2D eigenvalue weighted by atomic mass is 32.2. The Kier molecular flexibility index (Phi) is 5.45. The maximum Gasteiger partial charge on any atom is 0.404 e. The second-order valence-electron chi connectivity index (χ2n) is 2.74. The quantitative estimate of drug-likeness (QED) is 0.623. The van der Waals surface area contributed by atoms with Crippen LogP contribution >= 0.6 is 0 Å². The van der Waals surface area contributed by atoms with E-state index in [1.807, 2.05) is 0 Å². The van der Waals surface area contributed by atoms with Gasteiger partial charge < -0.3 is 10.4 Å². The van der Waals surface area contributed by atoms with Gasteiger partial charge in [-0.2, -0.15) is 0 Å². The Morgan fingerprint density at radius 3 is 2.46 bits per heavy atom. The molecule has 0 aromatic heterocycles. The van der Waals surface area contributed by atoms with Gasteiger partial charge in [-0.1, -0.05) is 6.92 Å². The van der Waals surface area contributed by atoms with Crippen LogP contribution in [0.2, 0.25) is 0 Å². The minimum absolute atomic E-state index is 0.0567. The molecule has 0 aromatic carbocycles. The van der Waals surface area contributed by atoms with Crippen LogP contribution in [-0.4, -0.2) is 37.7 Å². The average Bonchev–Trinajstić information content (AvgIpc) is 1.98. The number of hydrogen-bond acceptors (Lipinski definition) is 3. The van der Waals surface area contributed by atoms with Gasteiger partial charge in [0.1, 0.15) is 9.84 Å². The number of carboxylic acid groups (broad SMARTS) is 1. The van der Waals surface area contributed by atoms with Crippen molar-refractivity contribution < 1.29 is 18.3 Å². The smallest absolute Gasteiger partial charge is 0.404 e. The van der Waals surface area contributed by atoms with Gasteiger partial charge >= 0.3 is 6.09 Å². The van der Waals surface area contributed by atoms with Gasteiger partial charge in [-0.05, 0) is 12.8 Å². The summed E-state index contributed by atoms with van der Waals surface area (Å²) in [6.45, 7) is 1.99. The Bertz CT molecular complexity index is 247. The van der Waals surface area contributed by atoms with Crippen molar-refractivity contribution in [3.05, 3.63) is 0 Å². The predicted molar refractivity (Wildman–Crippen MR) is 49.6 cm³/mol. The topological polar surface area (TPSA) is 83.5 Å². The molecule has 78 valence electrons. The largest absolute Gasteiger partial charge is 0.465 e.